The average molecular weight is 230 g/mol. The Morgan fingerprint density at radius 2 is 1.88 bits per heavy atom. The molecule has 3 rings (SSSR count). The van der Waals surface area contributed by atoms with Gasteiger partial charge < -0.3 is 10.2 Å². The average Bonchev–Trinajstić information content (AvgIpc) is 3.10. The second-order valence-corrected chi connectivity index (χ2v) is 5.50. The van der Waals surface area contributed by atoms with Crippen molar-refractivity contribution in [1.82, 2.24) is 5.32 Å². The van der Waals surface area contributed by atoms with Gasteiger partial charge in [-0.05, 0) is 42.9 Å². The number of nitrogens with one attached hydrogen (secondary N) is 1. The minimum Gasteiger partial charge on any atom is -0.371 e. The van der Waals surface area contributed by atoms with Gasteiger partial charge in [0.05, 0.1) is 0 Å². The van der Waals surface area contributed by atoms with E-state index in [0.717, 1.165) is 18.5 Å². The van der Waals surface area contributed by atoms with Crippen LogP contribution in [0.15, 0.2) is 24.3 Å². The van der Waals surface area contributed by atoms with Crippen molar-refractivity contribution in [3.63, 3.8) is 0 Å². The van der Waals surface area contributed by atoms with Crippen LogP contribution in [0.4, 0.5) is 5.69 Å². The highest BCUT2D eigenvalue weighted by atomic mass is 15.2. The Morgan fingerprint density at radius 1 is 1.18 bits per heavy atom. The van der Waals surface area contributed by atoms with Gasteiger partial charge in [0, 0.05) is 31.4 Å². The Bertz CT molecular complexity index is 361. The molecule has 17 heavy (non-hydrogen) atoms. The fraction of sp³-hybridized carbons (Fsp3) is 0.600. The number of rotatable bonds is 5. The maximum absolute atomic E-state index is 3.55. The van der Waals surface area contributed by atoms with E-state index >= 15 is 0 Å². The summed E-state index contributed by atoms with van der Waals surface area (Å²) in [6, 6.07) is 9.88. The van der Waals surface area contributed by atoms with Gasteiger partial charge in [-0.1, -0.05) is 19.1 Å². The van der Waals surface area contributed by atoms with Crippen molar-refractivity contribution in [3.8, 4) is 0 Å². The first-order valence-electron chi connectivity index (χ1n) is 6.92. The highest BCUT2D eigenvalue weighted by Crippen LogP contribution is 2.26. The molecule has 2 fully saturated rings. The Kier molecular flexibility index (Phi) is 3.06. The lowest BCUT2D eigenvalue weighted by Crippen LogP contribution is -2.46. The van der Waals surface area contributed by atoms with E-state index in [1.165, 1.54) is 43.6 Å². The van der Waals surface area contributed by atoms with Crippen molar-refractivity contribution < 1.29 is 0 Å². The normalized spacial score (nSPS) is 20.4. The van der Waals surface area contributed by atoms with Gasteiger partial charge >= 0.3 is 0 Å². The maximum Gasteiger partial charge on any atom is 0.0366 e. The fourth-order valence-corrected chi connectivity index (χ4v) is 2.41. The van der Waals surface area contributed by atoms with Gasteiger partial charge in [-0.2, -0.15) is 0 Å². The summed E-state index contributed by atoms with van der Waals surface area (Å²) < 4.78 is 0. The Morgan fingerprint density at radius 3 is 2.47 bits per heavy atom. The summed E-state index contributed by atoms with van der Waals surface area (Å²) in [5.41, 5.74) is 2.80. The van der Waals surface area contributed by atoms with Crippen LogP contribution in [-0.2, 0) is 6.54 Å². The van der Waals surface area contributed by atoms with Crippen molar-refractivity contribution >= 4 is 5.69 Å². The van der Waals surface area contributed by atoms with Crippen LogP contribution in [0.5, 0.6) is 0 Å². The Labute approximate surface area is 104 Å². The van der Waals surface area contributed by atoms with Crippen molar-refractivity contribution in [2.75, 3.05) is 18.0 Å². The molecule has 1 saturated carbocycles. The zero-order valence-electron chi connectivity index (χ0n) is 10.7. The monoisotopic (exact) mass is 230 g/mol. The number of hydrogen-bond donors (Lipinski definition) is 1. The SMILES string of the molecule is CCC1CN(c2ccc(CNC3CC3)cc2)C1. The van der Waals surface area contributed by atoms with Crippen LogP contribution in [0.2, 0.25) is 0 Å². The lowest BCUT2D eigenvalue weighted by atomic mass is 9.96. The molecule has 1 aromatic carbocycles. The van der Waals surface area contributed by atoms with Crippen LogP contribution in [0.25, 0.3) is 0 Å². The van der Waals surface area contributed by atoms with E-state index in [2.05, 4.69) is 41.4 Å². The van der Waals surface area contributed by atoms with Crippen LogP contribution in [0.1, 0.15) is 31.7 Å². The zero-order valence-corrected chi connectivity index (χ0v) is 10.7. The third-order valence-corrected chi connectivity index (χ3v) is 4.01. The Balaban J connectivity index is 1.52. The number of anilines is 1. The van der Waals surface area contributed by atoms with Gasteiger partial charge in [0.15, 0.2) is 0 Å². The molecule has 92 valence electrons. The highest BCUT2D eigenvalue weighted by Gasteiger charge is 2.25. The summed E-state index contributed by atoms with van der Waals surface area (Å²) in [6.45, 7) is 5.81. The lowest BCUT2D eigenvalue weighted by molar-refractivity contribution is 0.399. The molecule has 2 heteroatoms. The first-order chi connectivity index (χ1) is 8.35. The smallest absolute Gasteiger partial charge is 0.0366 e. The zero-order chi connectivity index (χ0) is 11.7. The highest BCUT2D eigenvalue weighted by molar-refractivity contribution is 5.49. The van der Waals surface area contributed by atoms with Crippen LogP contribution in [0.3, 0.4) is 0 Å². The van der Waals surface area contributed by atoms with Gasteiger partial charge in [0.2, 0.25) is 0 Å². The molecular formula is C15H22N2. The topological polar surface area (TPSA) is 15.3 Å². The lowest BCUT2D eigenvalue weighted by Gasteiger charge is -2.40. The number of hydrogen-bond acceptors (Lipinski definition) is 2. The Hall–Kier alpha value is -1.02. The molecule has 2 nitrogen and oxygen atoms in total. The molecule has 0 radical (unpaired) electrons. The van der Waals surface area contributed by atoms with E-state index in [0.29, 0.717) is 0 Å². The van der Waals surface area contributed by atoms with Crippen molar-refractivity contribution in [2.45, 2.75) is 38.8 Å². The molecule has 2 aliphatic rings. The second kappa shape index (κ2) is 4.69. The van der Waals surface area contributed by atoms with E-state index < -0.39 is 0 Å². The van der Waals surface area contributed by atoms with Crippen molar-refractivity contribution in [1.29, 1.82) is 0 Å². The molecule has 0 atom stereocenters. The van der Waals surface area contributed by atoms with E-state index in [-0.39, 0.29) is 0 Å². The molecule has 0 unspecified atom stereocenters. The quantitative estimate of drug-likeness (QED) is 0.836. The van der Waals surface area contributed by atoms with Gasteiger partial charge in [0.25, 0.3) is 0 Å². The first-order valence-corrected chi connectivity index (χ1v) is 6.92. The molecule has 0 amide bonds. The molecule has 0 bridgehead atoms. The first kappa shape index (κ1) is 11.1. The van der Waals surface area contributed by atoms with E-state index in [9.17, 15) is 0 Å². The minimum atomic E-state index is 0.801. The second-order valence-electron chi connectivity index (χ2n) is 5.50. The fourth-order valence-electron chi connectivity index (χ4n) is 2.41. The summed E-state index contributed by atoms with van der Waals surface area (Å²) in [5, 5.41) is 3.55. The number of benzene rings is 1. The molecule has 1 N–H and O–H groups in total. The molecular weight excluding hydrogens is 208 g/mol. The van der Waals surface area contributed by atoms with Crippen LogP contribution < -0.4 is 10.2 Å². The third-order valence-electron chi connectivity index (χ3n) is 4.01. The van der Waals surface area contributed by atoms with Gasteiger partial charge in [0.1, 0.15) is 0 Å². The van der Waals surface area contributed by atoms with E-state index in [1.807, 2.05) is 0 Å². The molecule has 1 aliphatic heterocycles. The van der Waals surface area contributed by atoms with Crippen molar-refractivity contribution in [3.05, 3.63) is 29.8 Å². The minimum absolute atomic E-state index is 0.801. The van der Waals surface area contributed by atoms with Gasteiger partial charge in [-0.15, -0.1) is 0 Å². The van der Waals surface area contributed by atoms with Gasteiger partial charge in [-0.3, -0.25) is 0 Å². The van der Waals surface area contributed by atoms with E-state index in [4.69, 9.17) is 0 Å². The molecule has 1 aliphatic carbocycles. The largest absolute Gasteiger partial charge is 0.371 e. The predicted octanol–water partition coefficient (Wildman–Crippen LogP) is 2.78. The summed E-state index contributed by atoms with van der Waals surface area (Å²) >= 11 is 0. The predicted molar refractivity (Wildman–Crippen MR) is 72.3 cm³/mol. The van der Waals surface area contributed by atoms with Gasteiger partial charge in [-0.25, -0.2) is 0 Å². The van der Waals surface area contributed by atoms with Crippen molar-refractivity contribution in [2.24, 2.45) is 5.92 Å². The number of nitrogens with zero attached hydrogens (tertiary/aromatic N) is 1. The molecule has 0 aromatic heterocycles. The van der Waals surface area contributed by atoms with Crippen LogP contribution >= 0.6 is 0 Å². The standard InChI is InChI=1S/C15H22N2/c1-2-12-10-17(11-12)15-7-3-13(4-8-15)9-16-14-5-6-14/h3-4,7-8,12,14,16H,2,5-6,9-11H2,1H3. The summed E-state index contributed by atoms with van der Waals surface area (Å²) in [4.78, 5) is 2.48. The maximum atomic E-state index is 3.55. The third kappa shape index (κ3) is 2.63. The summed E-state index contributed by atoms with van der Waals surface area (Å²) in [5.74, 6) is 0.922. The van der Waals surface area contributed by atoms with E-state index in [1.54, 1.807) is 0 Å². The molecule has 0 spiro atoms. The van der Waals surface area contributed by atoms with Crippen LogP contribution in [0, 0.1) is 5.92 Å². The summed E-state index contributed by atoms with van der Waals surface area (Å²) in [7, 11) is 0. The molecule has 1 saturated heterocycles. The summed E-state index contributed by atoms with van der Waals surface area (Å²) in [6.07, 6.45) is 4.05. The van der Waals surface area contributed by atoms with Crippen LogP contribution in [-0.4, -0.2) is 19.1 Å². The molecule has 1 aromatic rings. The molecule has 1 heterocycles.